The molecule has 0 aromatic heterocycles. The van der Waals surface area contributed by atoms with Gasteiger partial charge in [-0.2, -0.15) is 0 Å². The molecule has 2 N–H and O–H groups in total. The molecule has 0 heterocycles. The fourth-order valence-corrected chi connectivity index (χ4v) is 9.49. The van der Waals surface area contributed by atoms with Crippen molar-refractivity contribution in [2.24, 2.45) is 0 Å². The Morgan fingerprint density at radius 3 is 1.31 bits per heavy atom. The number of hydrogen-bond acceptors (Lipinski definition) is 4. The zero-order chi connectivity index (χ0) is 62.8. The Morgan fingerprint density at radius 1 is 0.388 bits per heavy atom. The van der Waals surface area contributed by atoms with Gasteiger partial charge < -0.3 is 10.4 Å². The average molecular weight is 1140 g/mol. The first kappa shape index (κ1) is 69.1. The number of nitrogens with zero attached hydrogens (tertiary/aromatic N) is 1. The molecule has 1 amide bonds. The highest BCUT2D eigenvalue weighted by Crippen LogP contribution is 2.33. The molecule has 0 radical (unpaired) electrons. The van der Waals surface area contributed by atoms with Gasteiger partial charge in [0.25, 0.3) is 5.69 Å². The number of nitro benzene ring substituents is 1. The van der Waals surface area contributed by atoms with Crippen LogP contribution >= 0.6 is 0 Å². The number of phenols is 1. The molecule has 0 fully saturated rings. The van der Waals surface area contributed by atoms with Crippen LogP contribution in [0.5, 0.6) is 5.75 Å². The molecule has 10 rings (SSSR count). The number of nitro groups is 1. The molecule has 0 spiro atoms. The quantitative estimate of drug-likeness (QED) is 0.111. The maximum atomic E-state index is 10.7. The average Bonchev–Trinajstić information content (AvgIpc) is 3.28. The number of fused-ring (bicyclic) bond motifs is 3. The third kappa shape index (κ3) is 23.0. The number of hydrogen-bond donors (Lipinski definition) is 2. The summed E-state index contributed by atoms with van der Waals surface area (Å²) in [7, 11) is 0. The van der Waals surface area contributed by atoms with E-state index in [-0.39, 0.29) is 22.4 Å². The summed E-state index contributed by atoms with van der Waals surface area (Å²) >= 11 is 0. The van der Waals surface area contributed by atoms with Crippen molar-refractivity contribution in [1.82, 2.24) is 0 Å². The van der Waals surface area contributed by atoms with Gasteiger partial charge in [-0.3, -0.25) is 14.9 Å². The van der Waals surface area contributed by atoms with E-state index in [1.54, 1.807) is 18.2 Å². The van der Waals surface area contributed by atoms with Gasteiger partial charge >= 0.3 is 0 Å². The summed E-state index contributed by atoms with van der Waals surface area (Å²) in [5.74, 6) is 3.98. The number of carbonyl (C=O) groups is 1. The summed E-state index contributed by atoms with van der Waals surface area (Å²) in [5, 5.41) is 30.8. The number of para-hydroxylation sites is 1. The summed E-state index contributed by atoms with van der Waals surface area (Å²) in [6.07, 6.45) is 0. The largest absolute Gasteiger partial charge is 0.508 e. The fraction of sp³-hybridized carbons (Fsp3) is 0.304. The number of amides is 1. The minimum atomic E-state index is -0.338. The van der Waals surface area contributed by atoms with Crippen LogP contribution in [0.25, 0.3) is 32.3 Å². The number of anilines is 1. The van der Waals surface area contributed by atoms with Gasteiger partial charge in [0.05, 0.1) is 4.92 Å². The number of phenolic OH excluding ortho intramolecular Hbond substituents is 1. The number of benzene rings is 10. The molecule has 10 aromatic carbocycles. The van der Waals surface area contributed by atoms with Gasteiger partial charge in [0.15, 0.2) is 0 Å². The molecule has 0 unspecified atom stereocenters. The summed E-state index contributed by atoms with van der Waals surface area (Å²) < 4.78 is 0. The van der Waals surface area contributed by atoms with E-state index in [1.165, 1.54) is 78.9 Å². The van der Waals surface area contributed by atoms with E-state index in [9.17, 15) is 20.0 Å². The van der Waals surface area contributed by atoms with Gasteiger partial charge in [0.1, 0.15) is 5.75 Å². The zero-order valence-corrected chi connectivity index (χ0v) is 53.9. The SMILES string of the molecule is CC(=O)Nc1ccc(C(C)C)cc1.CC(C)c1c(O)ccc2ccccc12.CC(C)c1ccc2ccccc2c1.CC(C)c1cccc2ccccc12.CC(C)c1ccccc1[N+](=O)[O-].Cc1ccc(C(C)C)cc1.Cc1cccc(C(C)C)c1. The number of aromatic hydroxyl groups is 1. The number of carbonyl (C=O) groups excluding carboxylic acids is 1. The zero-order valence-electron chi connectivity index (χ0n) is 53.9. The van der Waals surface area contributed by atoms with Gasteiger partial charge in [-0.1, -0.05) is 302 Å². The highest BCUT2D eigenvalue weighted by molar-refractivity contribution is 5.89. The van der Waals surface area contributed by atoms with Crippen molar-refractivity contribution >= 4 is 49.6 Å². The Balaban J connectivity index is 0.000000213. The molecular weight excluding hydrogens is 1040 g/mol. The molecule has 0 saturated heterocycles. The smallest absolute Gasteiger partial charge is 0.272 e. The Bertz CT molecular complexity index is 3600. The fourth-order valence-electron chi connectivity index (χ4n) is 9.49. The Hall–Kier alpha value is -8.35. The van der Waals surface area contributed by atoms with Gasteiger partial charge in [-0.25, -0.2) is 0 Å². The molecule has 0 aliphatic rings. The van der Waals surface area contributed by atoms with Crippen molar-refractivity contribution in [2.45, 2.75) is 159 Å². The second-order valence-corrected chi connectivity index (χ2v) is 23.9. The van der Waals surface area contributed by atoms with Crippen LogP contribution in [0.3, 0.4) is 0 Å². The minimum Gasteiger partial charge on any atom is -0.508 e. The van der Waals surface area contributed by atoms with Crippen LogP contribution in [0.4, 0.5) is 11.4 Å². The normalized spacial score (nSPS) is 10.6. The van der Waals surface area contributed by atoms with Crippen LogP contribution in [0.15, 0.2) is 218 Å². The van der Waals surface area contributed by atoms with Gasteiger partial charge in [-0.15, -0.1) is 0 Å². The summed E-state index contributed by atoms with van der Waals surface area (Å²) in [4.78, 5) is 20.9. The van der Waals surface area contributed by atoms with Gasteiger partial charge in [0, 0.05) is 29.8 Å². The van der Waals surface area contributed by atoms with Crippen molar-refractivity contribution in [3.63, 3.8) is 0 Å². The van der Waals surface area contributed by atoms with Gasteiger partial charge in [0.2, 0.25) is 5.91 Å². The van der Waals surface area contributed by atoms with E-state index in [0.717, 1.165) is 22.2 Å². The molecule has 446 valence electrons. The number of nitrogens with one attached hydrogen (secondary N) is 1. The maximum Gasteiger partial charge on any atom is 0.272 e. The Kier molecular flexibility index (Phi) is 28.5. The topological polar surface area (TPSA) is 92.5 Å². The van der Waals surface area contributed by atoms with Crippen molar-refractivity contribution in [3.8, 4) is 5.75 Å². The third-order valence-electron chi connectivity index (χ3n) is 14.5. The molecule has 0 aliphatic heterocycles. The van der Waals surface area contributed by atoms with E-state index in [2.05, 4.69) is 248 Å². The second-order valence-electron chi connectivity index (χ2n) is 23.9. The number of rotatable bonds is 9. The van der Waals surface area contributed by atoms with Crippen LogP contribution in [0.1, 0.15) is 195 Å². The highest BCUT2D eigenvalue weighted by atomic mass is 16.6. The van der Waals surface area contributed by atoms with E-state index >= 15 is 0 Å². The predicted octanol–water partition coefficient (Wildman–Crippen LogP) is 23.3. The van der Waals surface area contributed by atoms with E-state index in [1.807, 2.05) is 62.4 Å². The molecule has 6 nitrogen and oxygen atoms in total. The molecular formula is C79H96N2O4. The first-order valence-corrected chi connectivity index (χ1v) is 30.3. The second kappa shape index (κ2) is 35.1. The molecule has 85 heavy (non-hydrogen) atoms. The molecule has 10 aromatic rings. The lowest BCUT2D eigenvalue weighted by Gasteiger charge is -2.11. The van der Waals surface area contributed by atoms with Gasteiger partial charge in [-0.05, 0) is 134 Å². The number of aryl methyl sites for hydroxylation is 2. The van der Waals surface area contributed by atoms with E-state index < -0.39 is 0 Å². The molecule has 6 heteroatoms. The highest BCUT2D eigenvalue weighted by Gasteiger charge is 2.14. The Morgan fingerprint density at radius 2 is 0.812 bits per heavy atom. The standard InChI is InChI=1S/C13H14O.2C13H14.C11H15NO.2C10H14.C9H11NO2/c1-9(2)13-11-6-4-3-5-10(11)7-8-12(13)14;1-10(2)12-9-5-7-11-6-3-4-8-13(11)12;1-10(2)12-8-7-11-5-3-4-6-13(11)9-12;1-8(2)10-4-6-11(7-5-10)12-9(3)13;1-8(2)10-6-4-9(3)5-7-10;1-8(2)10-6-4-5-9(3)7-10;1-7(2)8-5-3-4-6-9(8)10(11)12/h3-9,14H,1-2H3;2*3-10H,1-2H3;4-8H,1-3H3,(H,12,13);2*4-8H,1-3H3;3-7H,1-2H3. The van der Waals surface area contributed by atoms with Crippen molar-refractivity contribution in [2.75, 3.05) is 5.32 Å². The van der Waals surface area contributed by atoms with E-state index in [4.69, 9.17) is 0 Å². The minimum absolute atomic E-state index is 0.0303. The predicted molar refractivity (Wildman–Crippen MR) is 368 cm³/mol. The summed E-state index contributed by atoms with van der Waals surface area (Å²) in [5.41, 5.74) is 12.6. The monoisotopic (exact) mass is 1140 g/mol. The van der Waals surface area contributed by atoms with Crippen LogP contribution in [-0.2, 0) is 4.79 Å². The van der Waals surface area contributed by atoms with Crippen molar-refractivity contribution in [1.29, 1.82) is 0 Å². The van der Waals surface area contributed by atoms with Crippen LogP contribution < -0.4 is 5.32 Å². The molecule has 0 atom stereocenters. The lowest BCUT2D eigenvalue weighted by molar-refractivity contribution is -0.385. The lowest BCUT2D eigenvalue weighted by atomic mass is 9.95. The third-order valence-corrected chi connectivity index (χ3v) is 14.5. The first-order chi connectivity index (χ1) is 40.4. The Labute approximate surface area is 510 Å². The molecule has 0 aliphatic carbocycles. The first-order valence-electron chi connectivity index (χ1n) is 30.3. The summed E-state index contributed by atoms with van der Waals surface area (Å²) in [6, 6.07) is 74.3. The molecule has 0 saturated carbocycles. The maximum absolute atomic E-state index is 10.7. The summed E-state index contributed by atoms with van der Waals surface area (Å²) in [6.45, 7) is 35.9. The molecule has 0 bridgehead atoms. The van der Waals surface area contributed by atoms with Crippen molar-refractivity contribution in [3.05, 3.63) is 279 Å². The van der Waals surface area contributed by atoms with Crippen LogP contribution in [0, 0.1) is 24.0 Å². The van der Waals surface area contributed by atoms with E-state index in [0.29, 0.717) is 41.3 Å². The van der Waals surface area contributed by atoms with Crippen molar-refractivity contribution < 1.29 is 14.8 Å². The van der Waals surface area contributed by atoms with Crippen LogP contribution in [-0.4, -0.2) is 15.9 Å². The lowest BCUT2D eigenvalue weighted by Crippen LogP contribution is -2.05. The van der Waals surface area contributed by atoms with Crippen LogP contribution in [0.2, 0.25) is 0 Å².